The Balaban J connectivity index is 1.73. The Labute approximate surface area is 150 Å². The number of benzene rings is 2. The van der Waals surface area contributed by atoms with Crippen LogP contribution in [0, 0.1) is 0 Å². The van der Waals surface area contributed by atoms with Gasteiger partial charge in [0.05, 0.1) is 10.7 Å². The molecule has 3 aromatic rings. The minimum atomic E-state index is -0.158. The lowest BCUT2D eigenvalue weighted by atomic mass is 10.1. The molecular formula is C19H15Cl2N2O+. The number of rotatable bonds is 4. The first-order chi connectivity index (χ1) is 11.6. The van der Waals surface area contributed by atoms with Crippen molar-refractivity contribution < 1.29 is 9.36 Å². The third kappa shape index (κ3) is 4.13. The van der Waals surface area contributed by atoms with Gasteiger partial charge < -0.3 is 5.32 Å². The van der Waals surface area contributed by atoms with Gasteiger partial charge in [-0.3, -0.25) is 4.79 Å². The Morgan fingerprint density at radius 1 is 0.958 bits per heavy atom. The molecule has 120 valence electrons. The second-order valence-electron chi connectivity index (χ2n) is 5.30. The highest BCUT2D eigenvalue weighted by Gasteiger charge is 2.12. The molecule has 24 heavy (non-hydrogen) atoms. The minimum absolute atomic E-state index is 0.158. The largest absolute Gasteiger partial charge is 0.319 e. The van der Waals surface area contributed by atoms with E-state index >= 15 is 0 Å². The number of nitrogens with one attached hydrogen (secondary N) is 1. The van der Waals surface area contributed by atoms with E-state index in [4.69, 9.17) is 23.2 Å². The predicted octanol–water partition coefficient (Wildman–Crippen LogP) is 4.59. The van der Waals surface area contributed by atoms with Gasteiger partial charge in [0, 0.05) is 16.7 Å². The third-order valence-corrected chi connectivity index (χ3v) is 4.04. The summed E-state index contributed by atoms with van der Waals surface area (Å²) in [5, 5.41) is 3.74. The monoisotopic (exact) mass is 357 g/mol. The first kappa shape index (κ1) is 16.5. The molecule has 0 fully saturated rings. The second kappa shape index (κ2) is 7.47. The highest BCUT2D eigenvalue weighted by molar-refractivity contribution is 6.36. The number of aromatic nitrogens is 1. The van der Waals surface area contributed by atoms with E-state index in [0.717, 1.165) is 11.1 Å². The molecule has 3 nitrogen and oxygen atoms in total. The molecule has 0 aliphatic rings. The van der Waals surface area contributed by atoms with Crippen molar-refractivity contribution in [1.29, 1.82) is 0 Å². The summed E-state index contributed by atoms with van der Waals surface area (Å²) in [6.45, 7) is 0.194. The number of anilines is 1. The number of halogens is 2. The van der Waals surface area contributed by atoms with Gasteiger partial charge in [0.2, 0.25) is 6.54 Å². The maximum atomic E-state index is 12.2. The SMILES string of the molecule is O=C(C[n+]1cccc(-c2ccccc2)c1)Nc1ccc(Cl)cc1Cl. The molecule has 0 saturated carbocycles. The summed E-state index contributed by atoms with van der Waals surface area (Å²) in [6, 6.07) is 18.9. The zero-order valence-electron chi connectivity index (χ0n) is 12.7. The van der Waals surface area contributed by atoms with Crippen LogP contribution < -0.4 is 9.88 Å². The number of amides is 1. The average Bonchev–Trinajstić information content (AvgIpc) is 2.58. The van der Waals surface area contributed by atoms with Crippen molar-refractivity contribution in [2.75, 3.05) is 5.32 Å². The topological polar surface area (TPSA) is 33.0 Å². The number of carbonyl (C=O) groups excluding carboxylic acids is 1. The van der Waals surface area contributed by atoms with Gasteiger partial charge in [-0.15, -0.1) is 0 Å². The van der Waals surface area contributed by atoms with E-state index in [9.17, 15) is 4.79 Å². The molecule has 3 rings (SSSR count). The first-order valence-corrected chi connectivity index (χ1v) is 8.17. The smallest absolute Gasteiger partial charge is 0.290 e. The Morgan fingerprint density at radius 2 is 1.71 bits per heavy atom. The summed E-state index contributed by atoms with van der Waals surface area (Å²) in [7, 11) is 0. The number of pyridine rings is 1. The van der Waals surface area contributed by atoms with Gasteiger partial charge in [-0.05, 0) is 29.8 Å². The van der Waals surface area contributed by atoms with Crippen LogP contribution in [0.3, 0.4) is 0 Å². The summed E-state index contributed by atoms with van der Waals surface area (Å²) >= 11 is 11.9. The molecule has 1 N–H and O–H groups in total. The van der Waals surface area contributed by atoms with Crippen LogP contribution in [0.2, 0.25) is 10.0 Å². The first-order valence-electron chi connectivity index (χ1n) is 7.41. The van der Waals surface area contributed by atoms with Gasteiger partial charge in [0.15, 0.2) is 12.4 Å². The molecule has 1 heterocycles. The molecule has 0 radical (unpaired) electrons. The quantitative estimate of drug-likeness (QED) is 0.680. The maximum Gasteiger partial charge on any atom is 0.290 e. The second-order valence-corrected chi connectivity index (χ2v) is 6.15. The van der Waals surface area contributed by atoms with Crippen LogP contribution in [-0.4, -0.2) is 5.91 Å². The average molecular weight is 358 g/mol. The standard InChI is InChI=1S/C19H14Cl2N2O/c20-16-8-9-18(17(21)11-16)22-19(24)13-23-10-4-7-15(12-23)14-5-2-1-3-6-14/h1-12H,13H2/p+1. The van der Waals surface area contributed by atoms with E-state index in [0.29, 0.717) is 15.7 Å². The van der Waals surface area contributed by atoms with Gasteiger partial charge in [-0.2, -0.15) is 4.57 Å². The van der Waals surface area contributed by atoms with Gasteiger partial charge in [-0.25, -0.2) is 0 Å². The lowest BCUT2D eigenvalue weighted by Crippen LogP contribution is -2.39. The highest BCUT2D eigenvalue weighted by atomic mass is 35.5. The minimum Gasteiger partial charge on any atom is -0.319 e. The number of hydrogen-bond acceptors (Lipinski definition) is 1. The summed E-state index contributed by atoms with van der Waals surface area (Å²) < 4.78 is 1.83. The molecule has 0 aliphatic heterocycles. The molecule has 0 bridgehead atoms. The zero-order valence-corrected chi connectivity index (χ0v) is 14.3. The van der Waals surface area contributed by atoms with Crippen LogP contribution in [0.4, 0.5) is 5.69 Å². The number of hydrogen-bond donors (Lipinski definition) is 1. The van der Waals surface area contributed by atoms with Crippen LogP contribution >= 0.6 is 23.2 Å². The summed E-state index contributed by atoms with van der Waals surface area (Å²) in [6.07, 6.45) is 3.80. The van der Waals surface area contributed by atoms with Crippen LogP contribution in [0.5, 0.6) is 0 Å². The molecule has 2 aromatic carbocycles. The molecule has 0 saturated heterocycles. The van der Waals surface area contributed by atoms with Crippen molar-refractivity contribution in [2.45, 2.75) is 6.54 Å². The molecule has 0 spiro atoms. The van der Waals surface area contributed by atoms with Gasteiger partial charge in [0.25, 0.3) is 5.91 Å². The van der Waals surface area contributed by atoms with E-state index in [1.807, 2.05) is 59.4 Å². The normalized spacial score (nSPS) is 10.4. The molecule has 1 amide bonds. The summed E-state index contributed by atoms with van der Waals surface area (Å²) in [5.74, 6) is -0.158. The van der Waals surface area contributed by atoms with E-state index in [2.05, 4.69) is 5.32 Å². The van der Waals surface area contributed by atoms with E-state index in [-0.39, 0.29) is 12.5 Å². The molecular weight excluding hydrogens is 343 g/mol. The van der Waals surface area contributed by atoms with Crippen molar-refractivity contribution in [2.24, 2.45) is 0 Å². The predicted molar refractivity (Wildman–Crippen MR) is 97.2 cm³/mol. The van der Waals surface area contributed by atoms with Crippen LogP contribution in [0.25, 0.3) is 11.1 Å². The van der Waals surface area contributed by atoms with Gasteiger partial charge in [-0.1, -0.05) is 53.5 Å². The fourth-order valence-corrected chi connectivity index (χ4v) is 2.82. The Morgan fingerprint density at radius 3 is 2.46 bits per heavy atom. The number of nitrogens with zero attached hydrogens (tertiary/aromatic N) is 1. The Kier molecular flexibility index (Phi) is 5.14. The van der Waals surface area contributed by atoms with Crippen LogP contribution in [0.1, 0.15) is 0 Å². The summed E-state index contributed by atoms with van der Waals surface area (Å²) in [5.41, 5.74) is 2.70. The third-order valence-electron chi connectivity index (χ3n) is 3.50. The fourth-order valence-electron chi connectivity index (χ4n) is 2.37. The fraction of sp³-hybridized carbons (Fsp3) is 0.0526. The molecule has 0 atom stereocenters. The molecule has 5 heteroatoms. The zero-order chi connectivity index (χ0) is 16.9. The molecule has 0 unspecified atom stereocenters. The summed E-state index contributed by atoms with van der Waals surface area (Å²) in [4.78, 5) is 12.2. The van der Waals surface area contributed by atoms with Crippen molar-refractivity contribution in [1.82, 2.24) is 0 Å². The maximum absolute atomic E-state index is 12.2. The number of carbonyl (C=O) groups is 1. The van der Waals surface area contributed by atoms with Crippen molar-refractivity contribution in [3.05, 3.63) is 83.1 Å². The van der Waals surface area contributed by atoms with Crippen molar-refractivity contribution in [3.63, 3.8) is 0 Å². The Hall–Kier alpha value is -2.36. The van der Waals surface area contributed by atoms with Crippen molar-refractivity contribution in [3.8, 4) is 11.1 Å². The van der Waals surface area contributed by atoms with Crippen LogP contribution in [0.15, 0.2) is 73.1 Å². The van der Waals surface area contributed by atoms with E-state index in [1.54, 1.807) is 18.2 Å². The van der Waals surface area contributed by atoms with Gasteiger partial charge >= 0.3 is 0 Å². The highest BCUT2D eigenvalue weighted by Crippen LogP contribution is 2.25. The van der Waals surface area contributed by atoms with Gasteiger partial charge in [0.1, 0.15) is 0 Å². The molecule has 1 aromatic heterocycles. The van der Waals surface area contributed by atoms with E-state index < -0.39 is 0 Å². The lowest BCUT2D eigenvalue weighted by molar-refractivity contribution is -0.683. The Bertz CT molecular complexity index is 866. The van der Waals surface area contributed by atoms with Crippen molar-refractivity contribution >= 4 is 34.8 Å². The molecule has 0 aliphatic carbocycles. The lowest BCUT2D eigenvalue weighted by Gasteiger charge is -2.06. The van der Waals surface area contributed by atoms with E-state index in [1.165, 1.54) is 0 Å². The van der Waals surface area contributed by atoms with Crippen LogP contribution in [-0.2, 0) is 11.3 Å².